The molecule has 0 spiro atoms. The van der Waals surface area contributed by atoms with Crippen LogP contribution in [-0.2, 0) is 4.79 Å². The Morgan fingerprint density at radius 2 is 2.08 bits per heavy atom. The number of nitrogens with one attached hydrogen (secondary N) is 2. The van der Waals surface area contributed by atoms with E-state index in [2.05, 4.69) is 50.2 Å². The van der Waals surface area contributed by atoms with Crippen LogP contribution in [0.25, 0.3) is 0 Å². The van der Waals surface area contributed by atoms with Crippen LogP contribution < -0.4 is 10.6 Å². The van der Waals surface area contributed by atoms with Crippen LogP contribution >= 0.6 is 0 Å². The number of carbonyl (C=O) groups is 1. The van der Waals surface area contributed by atoms with Crippen molar-refractivity contribution in [3.8, 4) is 0 Å². The molecule has 1 aliphatic rings. The van der Waals surface area contributed by atoms with Crippen molar-refractivity contribution >= 4 is 11.9 Å². The number of likely N-dealkylation sites (tertiary alicyclic amines) is 1. The molecule has 140 valence electrons. The number of amides is 1. The fourth-order valence-corrected chi connectivity index (χ4v) is 3.01. The highest BCUT2D eigenvalue weighted by molar-refractivity contribution is 5.81. The molecule has 24 heavy (non-hydrogen) atoms. The summed E-state index contributed by atoms with van der Waals surface area (Å²) in [5.74, 6) is 1.68. The third kappa shape index (κ3) is 8.55. The number of nitrogens with zero attached hydrogens (tertiary/aromatic N) is 2. The summed E-state index contributed by atoms with van der Waals surface area (Å²) in [5, 5.41) is 6.68. The van der Waals surface area contributed by atoms with Crippen molar-refractivity contribution in [1.29, 1.82) is 0 Å². The number of hydrogen-bond donors (Lipinski definition) is 2. The minimum Gasteiger partial charge on any atom is -0.356 e. The molecule has 0 radical (unpaired) electrons. The second kappa shape index (κ2) is 9.90. The van der Waals surface area contributed by atoms with Gasteiger partial charge in [-0.05, 0) is 43.9 Å². The highest BCUT2D eigenvalue weighted by atomic mass is 16.2. The predicted octanol–water partition coefficient (Wildman–Crippen LogP) is 3.01. The molecule has 0 aromatic carbocycles. The van der Waals surface area contributed by atoms with Crippen molar-refractivity contribution < 1.29 is 4.79 Å². The highest BCUT2D eigenvalue weighted by Crippen LogP contribution is 2.21. The maximum Gasteiger partial charge on any atom is 0.224 e. The van der Waals surface area contributed by atoms with Crippen LogP contribution in [0.2, 0.25) is 0 Å². The summed E-state index contributed by atoms with van der Waals surface area (Å²) < 4.78 is 0. The molecule has 0 saturated carbocycles. The molecule has 0 bridgehead atoms. The van der Waals surface area contributed by atoms with Gasteiger partial charge >= 0.3 is 0 Å². The number of rotatable bonds is 6. The smallest absolute Gasteiger partial charge is 0.224 e. The van der Waals surface area contributed by atoms with E-state index in [1.54, 1.807) is 7.05 Å². The lowest BCUT2D eigenvalue weighted by atomic mass is 9.89. The van der Waals surface area contributed by atoms with Gasteiger partial charge in [0.1, 0.15) is 0 Å². The van der Waals surface area contributed by atoms with E-state index in [0.29, 0.717) is 30.3 Å². The van der Waals surface area contributed by atoms with Crippen molar-refractivity contribution in [3.63, 3.8) is 0 Å². The van der Waals surface area contributed by atoms with E-state index < -0.39 is 0 Å². The quantitative estimate of drug-likeness (QED) is 0.578. The Morgan fingerprint density at radius 3 is 2.67 bits per heavy atom. The van der Waals surface area contributed by atoms with E-state index >= 15 is 0 Å². The zero-order chi connectivity index (χ0) is 18.2. The van der Waals surface area contributed by atoms with Crippen molar-refractivity contribution in [2.45, 2.75) is 72.8 Å². The Hall–Kier alpha value is -1.26. The monoisotopic (exact) mass is 338 g/mol. The summed E-state index contributed by atoms with van der Waals surface area (Å²) in [6.45, 7) is 13.7. The molecule has 1 saturated heterocycles. The lowest BCUT2D eigenvalue weighted by Crippen LogP contribution is -2.44. The number of aliphatic imine (C=N–C) groups is 1. The van der Waals surface area contributed by atoms with Gasteiger partial charge in [-0.2, -0.15) is 0 Å². The van der Waals surface area contributed by atoms with Crippen molar-refractivity contribution in [2.75, 3.05) is 26.7 Å². The highest BCUT2D eigenvalue weighted by Gasteiger charge is 2.20. The Bertz CT molecular complexity index is 414. The van der Waals surface area contributed by atoms with Crippen molar-refractivity contribution in [3.05, 3.63) is 0 Å². The van der Waals surface area contributed by atoms with Crippen LogP contribution in [0, 0.1) is 11.3 Å². The Kier molecular flexibility index (Phi) is 8.57. The van der Waals surface area contributed by atoms with E-state index in [0.717, 1.165) is 31.9 Å². The Balaban J connectivity index is 2.27. The number of carbonyl (C=O) groups excluding carboxylic acids is 1. The van der Waals surface area contributed by atoms with Gasteiger partial charge in [-0.15, -0.1) is 0 Å². The summed E-state index contributed by atoms with van der Waals surface area (Å²) in [6, 6.07) is 0.370. The first kappa shape index (κ1) is 20.8. The summed E-state index contributed by atoms with van der Waals surface area (Å²) in [6.07, 6.45) is 5.18. The molecule has 1 fully saturated rings. The zero-order valence-electron chi connectivity index (χ0n) is 16.6. The van der Waals surface area contributed by atoms with Crippen LogP contribution in [0.5, 0.6) is 0 Å². The summed E-state index contributed by atoms with van der Waals surface area (Å²) in [7, 11) is 1.78. The second-order valence-electron chi connectivity index (χ2n) is 8.48. The SMILES string of the molecule is CN=C(NCCC(=O)N1CCCC(C)C1)NC(C)CCC(C)(C)C. The molecule has 5 heteroatoms. The fraction of sp³-hybridized carbons (Fsp3) is 0.895. The van der Waals surface area contributed by atoms with Gasteiger partial charge in [0.2, 0.25) is 5.91 Å². The average Bonchev–Trinajstić information content (AvgIpc) is 2.51. The van der Waals surface area contributed by atoms with Crippen LogP contribution in [0.15, 0.2) is 4.99 Å². The molecule has 2 N–H and O–H groups in total. The van der Waals surface area contributed by atoms with Crippen molar-refractivity contribution in [1.82, 2.24) is 15.5 Å². The summed E-state index contributed by atoms with van der Waals surface area (Å²) in [4.78, 5) is 18.5. The summed E-state index contributed by atoms with van der Waals surface area (Å²) >= 11 is 0. The maximum atomic E-state index is 12.3. The van der Waals surface area contributed by atoms with Gasteiger partial charge in [-0.1, -0.05) is 27.7 Å². The largest absolute Gasteiger partial charge is 0.356 e. The molecular weight excluding hydrogens is 300 g/mol. The van der Waals surface area contributed by atoms with E-state index in [1.165, 1.54) is 12.8 Å². The molecular formula is C19H38N4O. The number of hydrogen-bond acceptors (Lipinski definition) is 2. The molecule has 1 rings (SSSR count). The minimum absolute atomic E-state index is 0.255. The second-order valence-corrected chi connectivity index (χ2v) is 8.48. The molecule has 2 unspecified atom stereocenters. The van der Waals surface area contributed by atoms with E-state index in [4.69, 9.17) is 0 Å². The molecule has 0 aromatic heterocycles. The summed E-state index contributed by atoms with van der Waals surface area (Å²) in [5.41, 5.74) is 0.352. The lowest BCUT2D eigenvalue weighted by Gasteiger charge is -2.31. The van der Waals surface area contributed by atoms with Gasteiger partial charge in [0.05, 0.1) is 0 Å². The van der Waals surface area contributed by atoms with Crippen LogP contribution in [-0.4, -0.2) is 49.5 Å². The fourth-order valence-electron chi connectivity index (χ4n) is 3.01. The normalized spacial score (nSPS) is 20.7. The van der Waals surface area contributed by atoms with Crippen molar-refractivity contribution in [2.24, 2.45) is 16.3 Å². The van der Waals surface area contributed by atoms with Crippen LogP contribution in [0.3, 0.4) is 0 Å². The standard InChI is InChI=1S/C19H38N4O/c1-15-8-7-13-23(14-15)17(24)10-12-21-18(20-6)22-16(2)9-11-19(3,4)5/h15-16H,7-14H2,1-6H3,(H2,20,21,22). The van der Waals surface area contributed by atoms with Gasteiger partial charge in [0.15, 0.2) is 5.96 Å². The first-order valence-electron chi connectivity index (χ1n) is 9.46. The lowest BCUT2D eigenvalue weighted by molar-refractivity contribution is -0.132. The van der Waals surface area contributed by atoms with Gasteiger partial charge < -0.3 is 15.5 Å². The first-order valence-corrected chi connectivity index (χ1v) is 9.46. The van der Waals surface area contributed by atoms with Gasteiger partial charge in [-0.3, -0.25) is 9.79 Å². The third-order valence-electron chi connectivity index (χ3n) is 4.58. The number of piperidine rings is 1. The molecule has 5 nitrogen and oxygen atoms in total. The molecule has 1 amide bonds. The maximum absolute atomic E-state index is 12.3. The van der Waals surface area contributed by atoms with E-state index in [-0.39, 0.29) is 5.91 Å². The first-order chi connectivity index (χ1) is 11.2. The zero-order valence-corrected chi connectivity index (χ0v) is 16.6. The Labute approximate surface area is 148 Å². The minimum atomic E-state index is 0.255. The number of guanidine groups is 1. The van der Waals surface area contributed by atoms with Gasteiger partial charge in [0.25, 0.3) is 0 Å². The van der Waals surface area contributed by atoms with E-state index in [9.17, 15) is 4.79 Å². The molecule has 0 aromatic rings. The molecule has 1 heterocycles. The van der Waals surface area contributed by atoms with E-state index in [1.807, 2.05) is 4.90 Å². The predicted molar refractivity (Wildman–Crippen MR) is 102 cm³/mol. The van der Waals surface area contributed by atoms with Gasteiger partial charge in [0, 0.05) is 39.1 Å². The molecule has 2 atom stereocenters. The topological polar surface area (TPSA) is 56.7 Å². The van der Waals surface area contributed by atoms with Crippen LogP contribution in [0.4, 0.5) is 0 Å². The third-order valence-corrected chi connectivity index (χ3v) is 4.58. The van der Waals surface area contributed by atoms with Crippen LogP contribution in [0.1, 0.15) is 66.7 Å². The Morgan fingerprint density at radius 1 is 1.38 bits per heavy atom. The molecule has 1 aliphatic heterocycles. The average molecular weight is 339 g/mol. The van der Waals surface area contributed by atoms with Gasteiger partial charge in [-0.25, -0.2) is 0 Å². The molecule has 0 aliphatic carbocycles.